The predicted octanol–water partition coefficient (Wildman–Crippen LogP) is 2.49. The van der Waals surface area contributed by atoms with Crippen molar-refractivity contribution < 1.29 is 14.3 Å². The summed E-state index contributed by atoms with van der Waals surface area (Å²) in [5.41, 5.74) is 2.22. The second-order valence-electron chi connectivity index (χ2n) is 5.17. The van der Waals surface area contributed by atoms with Gasteiger partial charge in [-0.05, 0) is 18.2 Å². The zero-order valence-electron chi connectivity index (χ0n) is 13.3. The zero-order valence-corrected chi connectivity index (χ0v) is 14.1. The number of hydrogen-bond donors (Lipinski definition) is 1. The second kappa shape index (κ2) is 7.34. The number of carbonyl (C=O) groups is 2. The van der Waals surface area contributed by atoms with Crippen LogP contribution in [-0.4, -0.2) is 24.7 Å². The van der Waals surface area contributed by atoms with Crippen molar-refractivity contribution in [2.45, 2.75) is 19.8 Å². The number of ether oxygens (including phenoxy) is 1. The number of allylic oxidation sites excluding steroid dienone is 1. The van der Waals surface area contributed by atoms with Crippen LogP contribution in [0.4, 0.5) is 0 Å². The standard InChI is InChI=1S/C17H18N2O3S/c1-4-23-16-12(9-18)13(11-7-5-10(2)6-8-11)14(15(20)19-16)17(21)22-3/h5-8,13-14H,4H2,1-3H3,(H,19,20). The molecule has 1 aliphatic heterocycles. The molecule has 0 aromatic heterocycles. The van der Waals surface area contributed by atoms with Gasteiger partial charge in [0.15, 0.2) is 0 Å². The highest BCUT2D eigenvalue weighted by molar-refractivity contribution is 8.03. The molecule has 1 N–H and O–H groups in total. The Hall–Kier alpha value is -2.26. The Morgan fingerprint density at radius 3 is 2.57 bits per heavy atom. The Morgan fingerprint density at radius 2 is 2.04 bits per heavy atom. The van der Waals surface area contributed by atoms with E-state index in [1.54, 1.807) is 0 Å². The van der Waals surface area contributed by atoms with Gasteiger partial charge in [0.05, 0.1) is 23.8 Å². The zero-order chi connectivity index (χ0) is 17.0. The molecule has 0 fully saturated rings. The molecule has 1 amide bonds. The van der Waals surface area contributed by atoms with Gasteiger partial charge in [0.2, 0.25) is 5.91 Å². The molecule has 0 saturated heterocycles. The quantitative estimate of drug-likeness (QED) is 0.678. The van der Waals surface area contributed by atoms with E-state index in [1.165, 1.54) is 18.9 Å². The highest BCUT2D eigenvalue weighted by Crippen LogP contribution is 2.40. The largest absolute Gasteiger partial charge is 0.468 e. The Labute approximate surface area is 139 Å². The molecule has 0 bridgehead atoms. The van der Waals surface area contributed by atoms with Gasteiger partial charge in [0.25, 0.3) is 0 Å². The van der Waals surface area contributed by atoms with Crippen molar-refractivity contribution in [1.29, 1.82) is 5.26 Å². The van der Waals surface area contributed by atoms with E-state index in [-0.39, 0.29) is 0 Å². The molecule has 1 aromatic rings. The number of amides is 1. The molecule has 2 atom stereocenters. The molecule has 2 rings (SSSR count). The number of hydrogen-bond acceptors (Lipinski definition) is 5. The monoisotopic (exact) mass is 330 g/mol. The number of nitrogens with one attached hydrogen (secondary N) is 1. The number of esters is 1. The summed E-state index contributed by atoms with van der Waals surface area (Å²) in [6.07, 6.45) is 0. The first-order valence-electron chi connectivity index (χ1n) is 7.25. The first-order chi connectivity index (χ1) is 11.0. The molecule has 1 aromatic carbocycles. The fourth-order valence-electron chi connectivity index (χ4n) is 2.60. The lowest BCUT2D eigenvalue weighted by molar-refractivity contribution is -0.150. The van der Waals surface area contributed by atoms with E-state index in [2.05, 4.69) is 11.4 Å². The van der Waals surface area contributed by atoms with Crippen molar-refractivity contribution >= 4 is 23.6 Å². The number of nitriles is 1. The van der Waals surface area contributed by atoms with Crippen LogP contribution < -0.4 is 5.32 Å². The Morgan fingerprint density at radius 1 is 1.39 bits per heavy atom. The lowest BCUT2D eigenvalue weighted by atomic mass is 9.78. The molecule has 1 heterocycles. The van der Waals surface area contributed by atoms with E-state index in [1.807, 2.05) is 38.1 Å². The van der Waals surface area contributed by atoms with Crippen LogP contribution in [0.1, 0.15) is 24.0 Å². The van der Waals surface area contributed by atoms with Gasteiger partial charge in [-0.3, -0.25) is 9.59 Å². The summed E-state index contributed by atoms with van der Waals surface area (Å²) in [6, 6.07) is 9.66. The maximum absolute atomic E-state index is 12.4. The van der Waals surface area contributed by atoms with Crippen LogP contribution in [0.25, 0.3) is 0 Å². The van der Waals surface area contributed by atoms with Crippen LogP contribution in [0.2, 0.25) is 0 Å². The second-order valence-corrected chi connectivity index (χ2v) is 6.44. The third-order valence-corrected chi connectivity index (χ3v) is 4.61. The van der Waals surface area contributed by atoms with Crippen molar-refractivity contribution in [2.75, 3.05) is 12.9 Å². The van der Waals surface area contributed by atoms with Gasteiger partial charge < -0.3 is 10.1 Å². The molecule has 2 unspecified atom stereocenters. The van der Waals surface area contributed by atoms with Crippen molar-refractivity contribution in [1.82, 2.24) is 5.32 Å². The van der Waals surface area contributed by atoms with E-state index < -0.39 is 23.7 Å². The minimum absolute atomic E-state index is 0.399. The Balaban J connectivity index is 2.61. The van der Waals surface area contributed by atoms with E-state index >= 15 is 0 Å². The highest BCUT2D eigenvalue weighted by Gasteiger charge is 2.44. The van der Waals surface area contributed by atoms with Crippen LogP contribution in [0.5, 0.6) is 0 Å². The number of nitrogens with zero attached hydrogens (tertiary/aromatic N) is 1. The SMILES string of the molecule is CCSC1=C(C#N)C(c2ccc(C)cc2)C(C(=O)OC)C(=O)N1. The van der Waals surface area contributed by atoms with Gasteiger partial charge >= 0.3 is 5.97 Å². The fourth-order valence-corrected chi connectivity index (χ4v) is 3.39. The average molecular weight is 330 g/mol. The van der Waals surface area contributed by atoms with Gasteiger partial charge in [0, 0.05) is 5.92 Å². The Bertz CT molecular complexity index is 689. The number of rotatable bonds is 4. The molecule has 6 heteroatoms. The lowest BCUT2D eigenvalue weighted by Gasteiger charge is -2.30. The first-order valence-corrected chi connectivity index (χ1v) is 8.24. The predicted molar refractivity (Wildman–Crippen MR) is 88.3 cm³/mol. The van der Waals surface area contributed by atoms with E-state index in [4.69, 9.17) is 4.74 Å². The van der Waals surface area contributed by atoms with Crippen LogP contribution in [0.15, 0.2) is 34.9 Å². The fraction of sp³-hybridized carbons (Fsp3) is 0.353. The Kier molecular flexibility index (Phi) is 5.45. The minimum Gasteiger partial charge on any atom is -0.468 e. The first kappa shape index (κ1) is 17.1. The number of methoxy groups -OCH3 is 1. The number of carbonyl (C=O) groups excluding carboxylic acids is 2. The van der Waals surface area contributed by atoms with Crippen LogP contribution >= 0.6 is 11.8 Å². The third-order valence-electron chi connectivity index (χ3n) is 3.71. The minimum atomic E-state index is -1.06. The van der Waals surface area contributed by atoms with E-state index in [0.717, 1.165) is 11.1 Å². The molecule has 0 spiro atoms. The normalized spacial score (nSPS) is 20.7. The summed E-state index contributed by atoms with van der Waals surface area (Å²) in [4.78, 5) is 24.6. The van der Waals surface area contributed by atoms with Gasteiger partial charge in [0.1, 0.15) is 5.92 Å². The molecule has 5 nitrogen and oxygen atoms in total. The van der Waals surface area contributed by atoms with Crippen molar-refractivity contribution in [3.05, 3.63) is 46.0 Å². The maximum Gasteiger partial charge on any atom is 0.319 e. The van der Waals surface area contributed by atoms with E-state index in [9.17, 15) is 14.9 Å². The number of benzene rings is 1. The molecule has 0 aliphatic carbocycles. The average Bonchev–Trinajstić information content (AvgIpc) is 2.54. The summed E-state index contributed by atoms with van der Waals surface area (Å²) in [5.74, 6) is -2.04. The number of thioether (sulfide) groups is 1. The lowest BCUT2D eigenvalue weighted by Crippen LogP contribution is -2.44. The van der Waals surface area contributed by atoms with Crippen molar-refractivity contribution in [3.8, 4) is 6.07 Å². The van der Waals surface area contributed by atoms with Gasteiger partial charge in [-0.1, -0.05) is 36.8 Å². The van der Waals surface area contributed by atoms with Gasteiger partial charge in [-0.25, -0.2) is 0 Å². The summed E-state index contributed by atoms with van der Waals surface area (Å²) >= 11 is 1.38. The topological polar surface area (TPSA) is 79.2 Å². The van der Waals surface area contributed by atoms with Crippen molar-refractivity contribution in [2.24, 2.45) is 5.92 Å². The summed E-state index contributed by atoms with van der Waals surface area (Å²) in [6.45, 7) is 3.89. The molecule has 0 saturated carbocycles. The third kappa shape index (κ3) is 3.40. The van der Waals surface area contributed by atoms with Crippen LogP contribution in [-0.2, 0) is 14.3 Å². The summed E-state index contributed by atoms with van der Waals surface area (Å²) in [5, 5.41) is 12.8. The van der Waals surface area contributed by atoms with Crippen LogP contribution in [0, 0.1) is 24.2 Å². The summed E-state index contributed by atoms with van der Waals surface area (Å²) < 4.78 is 4.79. The molecular weight excluding hydrogens is 312 g/mol. The molecule has 1 aliphatic rings. The highest BCUT2D eigenvalue weighted by atomic mass is 32.2. The summed E-state index contributed by atoms with van der Waals surface area (Å²) in [7, 11) is 1.24. The maximum atomic E-state index is 12.4. The molecule has 23 heavy (non-hydrogen) atoms. The molecule has 0 radical (unpaired) electrons. The molecule has 120 valence electrons. The van der Waals surface area contributed by atoms with Crippen LogP contribution in [0.3, 0.4) is 0 Å². The molecular formula is C17H18N2O3S. The van der Waals surface area contributed by atoms with E-state index in [0.29, 0.717) is 16.4 Å². The van der Waals surface area contributed by atoms with Gasteiger partial charge in [-0.2, -0.15) is 5.26 Å². The number of aryl methyl sites for hydroxylation is 1. The van der Waals surface area contributed by atoms with Crippen molar-refractivity contribution in [3.63, 3.8) is 0 Å². The smallest absolute Gasteiger partial charge is 0.319 e. The van der Waals surface area contributed by atoms with Gasteiger partial charge in [-0.15, -0.1) is 11.8 Å².